The maximum absolute atomic E-state index is 12.5. The molecule has 7 heteroatoms. The standard InChI is InChI=1S/C23H36N4O2S/c1-7-25-22-20(23(3,4)5)19(21(24)30-22)16-10-9-11-17(14-16)26-18(28)15-27(8-2)12-13-29-6/h9-11,14,25H,7-8,12-13,15,24H2,1-6H3,(H,26,28). The molecular weight excluding hydrogens is 396 g/mol. The second-order valence-corrected chi connectivity index (χ2v) is 9.37. The molecule has 0 saturated carbocycles. The number of carbonyl (C=O) groups is 1. The van der Waals surface area contributed by atoms with Gasteiger partial charge in [-0.2, -0.15) is 0 Å². The molecule has 0 atom stereocenters. The zero-order valence-corrected chi connectivity index (χ0v) is 19.9. The Morgan fingerprint density at radius 3 is 2.60 bits per heavy atom. The fraction of sp³-hybridized carbons (Fsp3) is 0.522. The molecule has 2 rings (SSSR count). The molecule has 1 amide bonds. The van der Waals surface area contributed by atoms with E-state index in [-0.39, 0.29) is 11.3 Å². The Bertz CT molecular complexity index is 842. The van der Waals surface area contributed by atoms with Crippen LogP contribution in [0.5, 0.6) is 0 Å². The van der Waals surface area contributed by atoms with E-state index in [0.717, 1.165) is 46.5 Å². The van der Waals surface area contributed by atoms with Gasteiger partial charge in [-0.15, -0.1) is 11.3 Å². The van der Waals surface area contributed by atoms with Crippen LogP contribution in [0, 0.1) is 0 Å². The Kier molecular flexibility index (Phi) is 8.70. The highest BCUT2D eigenvalue weighted by Crippen LogP contribution is 2.48. The summed E-state index contributed by atoms with van der Waals surface area (Å²) >= 11 is 1.59. The van der Waals surface area contributed by atoms with Gasteiger partial charge >= 0.3 is 0 Å². The number of methoxy groups -OCH3 is 1. The van der Waals surface area contributed by atoms with Crippen LogP contribution in [-0.2, 0) is 14.9 Å². The Balaban J connectivity index is 2.29. The summed E-state index contributed by atoms with van der Waals surface area (Å²) < 4.78 is 5.12. The Morgan fingerprint density at radius 1 is 1.27 bits per heavy atom. The first kappa shape index (κ1) is 24.2. The Morgan fingerprint density at radius 2 is 2.00 bits per heavy atom. The number of nitrogens with zero attached hydrogens (tertiary/aromatic N) is 1. The molecule has 4 N–H and O–H groups in total. The van der Waals surface area contributed by atoms with Gasteiger partial charge in [0, 0.05) is 37.0 Å². The Labute approximate surface area is 184 Å². The van der Waals surface area contributed by atoms with Crippen molar-refractivity contribution in [1.82, 2.24) is 4.90 Å². The molecule has 1 heterocycles. The fourth-order valence-electron chi connectivity index (χ4n) is 3.46. The lowest BCUT2D eigenvalue weighted by Gasteiger charge is -2.23. The fourth-order valence-corrected chi connectivity index (χ4v) is 4.73. The summed E-state index contributed by atoms with van der Waals surface area (Å²) in [6.07, 6.45) is 0. The molecule has 0 bridgehead atoms. The number of nitrogens with one attached hydrogen (secondary N) is 2. The van der Waals surface area contributed by atoms with Crippen LogP contribution >= 0.6 is 11.3 Å². The molecule has 166 valence electrons. The molecule has 0 fully saturated rings. The first-order valence-corrected chi connectivity index (χ1v) is 11.3. The number of ether oxygens (including phenoxy) is 1. The van der Waals surface area contributed by atoms with E-state index in [0.29, 0.717) is 13.2 Å². The van der Waals surface area contributed by atoms with E-state index in [1.54, 1.807) is 18.4 Å². The second kappa shape index (κ2) is 10.8. The van der Waals surface area contributed by atoms with E-state index in [9.17, 15) is 4.79 Å². The molecule has 0 saturated heterocycles. The molecule has 0 aliphatic carbocycles. The normalized spacial score (nSPS) is 11.7. The molecule has 1 aromatic heterocycles. The molecule has 1 aromatic carbocycles. The minimum Gasteiger partial charge on any atom is -0.390 e. The topological polar surface area (TPSA) is 79.6 Å². The van der Waals surface area contributed by atoms with Crippen molar-refractivity contribution < 1.29 is 9.53 Å². The van der Waals surface area contributed by atoms with E-state index in [1.807, 2.05) is 25.1 Å². The minimum absolute atomic E-state index is 0.0345. The average molecular weight is 433 g/mol. The molecule has 2 aromatic rings. The Hall–Kier alpha value is -2.09. The van der Waals surface area contributed by atoms with Crippen LogP contribution in [-0.4, -0.2) is 50.7 Å². The highest BCUT2D eigenvalue weighted by atomic mass is 32.1. The van der Waals surface area contributed by atoms with Crippen LogP contribution in [0.3, 0.4) is 0 Å². The highest BCUT2D eigenvalue weighted by Gasteiger charge is 2.27. The van der Waals surface area contributed by atoms with Crippen LogP contribution < -0.4 is 16.4 Å². The van der Waals surface area contributed by atoms with Crippen molar-refractivity contribution in [1.29, 1.82) is 0 Å². The summed E-state index contributed by atoms with van der Waals surface area (Å²) in [5.74, 6) is -0.0345. The van der Waals surface area contributed by atoms with E-state index in [4.69, 9.17) is 10.5 Å². The molecule has 0 unspecified atom stereocenters. The summed E-state index contributed by atoms with van der Waals surface area (Å²) in [6.45, 7) is 14.0. The predicted molar refractivity (Wildman–Crippen MR) is 130 cm³/mol. The van der Waals surface area contributed by atoms with Gasteiger partial charge in [0.05, 0.1) is 23.2 Å². The number of hydrogen-bond acceptors (Lipinski definition) is 6. The third-order valence-electron chi connectivity index (χ3n) is 4.88. The number of nitrogen functional groups attached to an aromatic ring is 1. The number of rotatable bonds is 10. The van der Waals surface area contributed by atoms with Gasteiger partial charge in [-0.05, 0) is 36.6 Å². The number of carbonyl (C=O) groups excluding carboxylic acids is 1. The monoisotopic (exact) mass is 432 g/mol. The van der Waals surface area contributed by atoms with E-state index in [1.165, 1.54) is 5.56 Å². The summed E-state index contributed by atoms with van der Waals surface area (Å²) in [6, 6.07) is 7.93. The van der Waals surface area contributed by atoms with Crippen molar-refractivity contribution in [2.45, 2.75) is 40.0 Å². The summed E-state index contributed by atoms with van der Waals surface area (Å²) in [5, 5.41) is 8.39. The number of amides is 1. The van der Waals surface area contributed by atoms with E-state index >= 15 is 0 Å². The highest BCUT2D eigenvalue weighted by molar-refractivity contribution is 7.20. The van der Waals surface area contributed by atoms with Gasteiger partial charge < -0.3 is 21.1 Å². The molecule has 6 nitrogen and oxygen atoms in total. The number of nitrogens with two attached hydrogens (primary N) is 1. The van der Waals surface area contributed by atoms with Gasteiger partial charge in [-0.3, -0.25) is 9.69 Å². The second-order valence-electron chi connectivity index (χ2n) is 8.32. The van der Waals surface area contributed by atoms with Crippen LogP contribution in [0.25, 0.3) is 11.1 Å². The molecule has 0 spiro atoms. The predicted octanol–water partition coefficient (Wildman–Crippen LogP) is 4.63. The quantitative estimate of drug-likeness (QED) is 0.510. The number of anilines is 3. The lowest BCUT2D eigenvalue weighted by molar-refractivity contribution is -0.117. The van der Waals surface area contributed by atoms with Crippen molar-refractivity contribution in [3.8, 4) is 11.1 Å². The van der Waals surface area contributed by atoms with Crippen LogP contribution in [0.4, 0.5) is 15.7 Å². The maximum Gasteiger partial charge on any atom is 0.238 e. The summed E-state index contributed by atoms with van der Waals surface area (Å²) in [5.41, 5.74) is 10.4. The number of thiophene rings is 1. The van der Waals surface area contributed by atoms with Crippen molar-refractivity contribution in [2.24, 2.45) is 0 Å². The average Bonchev–Trinajstić information content (AvgIpc) is 3.01. The molecular formula is C23H36N4O2S. The van der Waals surface area contributed by atoms with Crippen molar-refractivity contribution in [3.63, 3.8) is 0 Å². The van der Waals surface area contributed by atoms with Crippen molar-refractivity contribution in [3.05, 3.63) is 29.8 Å². The first-order chi connectivity index (χ1) is 14.2. The molecule has 0 radical (unpaired) electrons. The largest absolute Gasteiger partial charge is 0.390 e. The molecule has 30 heavy (non-hydrogen) atoms. The van der Waals surface area contributed by atoms with Crippen LogP contribution in [0.1, 0.15) is 40.2 Å². The third-order valence-corrected chi connectivity index (χ3v) is 5.86. The smallest absolute Gasteiger partial charge is 0.238 e. The van der Waals surface area contributed by atoms with Crippen molar-refractivity contribution in [2.75, 3.05) is 56.3 Å². The summed E-state index contributed by atoms with van der Waals surface area (Å²) in [7, 11) is 1.67. The SMILES string of the molecule is CCNc1sc(N)c(-c2cccc(NC(=O)CN(CC)CCOC)c2)c1C(C)(C)C. The van der Waals surface area contributed by atoms with Gasteiger partial charge in [0.15, 0.2) is 0 Å². The maximum atomic E-state index is 12.5. The van der Waals surface area contributed by atoms with Crippen LogP contribution in [0.15, 0.2) is 24.3 Å². The van der Waals surface area contributed by atoms with Gasteiger partial charge in [0.2, 0.25) is 5.91 Å². The lowest BCUT2D eigenvalue weighted by Crippen LogP contribution is -2.35. The number of likely N-dealkylation sites (N-methyl/N-ethyl adjacent to an activating group) is 1. The van der Waals surface area contributed by atoms with Gasteiger partial charge in [-0.25, -0.2) is 0 Å². The molecule has 0 aliphatic heterocycles. The summed E-state index contributed by atoms with van der Waals surface area (Å²) in [4.78, 5) is 14.6. The van der Waals surface area contributed by atoms with Gasteiger partial charge in [0.25, 0.3) is 0 Å². The third kappa shape index (κ3) is 6.20. The van der Waals surface area contributed by atoms with Gasteiger partial charge in [0.1, 0.15) is 0 Å². The first-order valence-electron chi connectivity index (χ1n) is 10.5. The lowest BCUT2D eigenvalue weighted by atomic mass is 9.83. The number of hydrogen-bond donors (Lipinski definition) is 3. The van der Waals surface area contributed by atoms with Crippen LogP contribution in [0.2, 0.25) is 0 Å². The number of benzene rings is 1. The minimum atomic E-state index is -0.0663. The van der Waals surface area contributed by atoms with E-state index < -0.39 is 0 Å². The van der Waals surface area contributed by atoms with Crippen molar-refractivity contribution >= 4 is 32.9 Å². The van der Waals surface area contributed by atoms with E-state index in [2.05, 4.69) is 49.3 Å². The zero-order chi connectivity index (χ0) is 22.3. The van der Waals surface area contributed by atoms with Gasteiger partial charge in [-0.1, -0.05) is 39.8 Å². The zero-order valence-electron chi connectivity index (χ0n) is 19.1. The molecule has 0 aliphatic rings.